The van der Waals surface area contributed by atoms with Crippen LogP contribution in [0.3, 0.4) is 0 Å². The number of halogens is 5. The summed E-state index contributed by atoms with van der Waals surface area (Å²) in [5, 5.41) is 5.15. The van der Waals surface area contributed by atoms with E-state index in [0.717, 1.165) is 0 Å². The van der Waals surface area contributed by atoms with Gasteiger partial charge >= 0.3 is 11.9 Å². The smallest absolute Gasteiger partial charge is 0.327 e. The second-order valence-electron chi connectivity index (χ2n) is 1.12. The van der Waals surface area contributed by atoms with Gasteiger partial charge in [0.2, 0.25) is 0 Å². The van der Waals surface area contributed by atoms with Crippen molar-refractivity contribution in [1.29, 1.82) is 0 Å². The van der Waals surface area contributed by atoms with Gasteiger partial charge in [-0.2, -0.15) is 0 Å². The predicted molar refractivity (Wildman–Crippen MR) is 45.0 cm³/mol. The predicted octanol–water partition coefficient (Wildman–Crippen LogP) is 2.10. The zero-order valence-corrected chi connectivity index (χ0v) is 9.25. The molecule has 0 amide bonds. The normalized spacial score (nSPS) is 14.2. The van der Waals surface area contributed by atoms with Gasteiger partial charge < -0.3 is 5.40 Å². The Labute approximate surface area is 72.4 Å². The van der Waals surface area contributed by atoms with Gasteiger partial charge in [-0.25, -0.2) is 0 Å². The Bertz CT molecular complexity index is 65.4. The van der Waals surface area contributed by atoms with Gasteiger partial charge in [0.25, 0.3) is 0 Å². The molecule has 0 fully saturated rings. The molecule has 0 aliphatic rings. The van der Waals surface area contributed by atoms with Crippen LogP contribution < -0.4 is 5.40 Å². The number of rotatable bonds is 1. The van der Waals surface area contributed by atoms with Crippen LogP contribution in [0.1, 0.15) is 0 Å². The Kier molecular flexibility index (Phi) is 3.49. The summed E-state index contributed by atoms with van der Waals surface area (Å²) in [4.78, 5) is 0. The molecule has 0 saturated carbocycles. The molecule has 2 N–H and O–H groups in total. The van der Waals surface area contributed by atoms with E-state index >= 15 is 0 Å². The van der Waals surface area contributed by atoms with Gasteiger partial charge in [0.05, 0.1) is 0 Å². The van der Waals surface area contributed by atoms with Crippen LogP contribution in [0.5, 0.6) is 0 Å². The Hall–Kier alpha value is 1.84. The van der Waals surface area contributed by atoms with Crippen LogP contribution in [-0.4, -0.2) is 11.9 Å². The second-order valence-corrected chi connectivity index (χ2v) is 23.7. The first-order chi connectivity index (χ1) is 3.25. The molecular formula is H2Cl5NSi2. The Morgan fingerprint density at radius 3 is 1.00 bits per heavy atom. The SMILES string of the molecule is N[Si](Cl)(Cl)[Si](Cl)(Cl)Cl. The fourth-order valence-electron chi connectivity index (χ4n) is 0. The lowest BCUT2D eigenvalue weighted by molar-refractivity contribution is 1.93. The monoisotopic (exact) mass is 247 g/mol. The molecule has 0 aliphatic heterocycles. The number of hydrogen-bond donors (Lipinski definition) is 1. The maximum Gasteiger partial charge on any atom is 0.376 e. The molecule has 0 aromatic rings. The van der Waals surface area contributed by atoms with E-state index in [-0.39, 0.29) is 0 Å². The highest BCUT2D eigenvalue weighted by Crippen LogP contribution is 2.32. The molecule has 8 heavy (non-hydrogen) atoms. The maximum atomic E-state index is 5.36. The Morgan fingerprint density at radius 2 is 1.00 bits per heavy atom. The molecule has 0 radical (unpaired) electrons. The number of nitrogens with two attached hydrogens (primary N) is 1. The molecule has 50 valence electrons. The van der Waals surface area contributed by atoms with Crippen LogP contribution in [0.15, 0.2) is 0 Å². The third kappa shape index (κ3) is 3.12. The zero-order chi connectivity index (χ0) is 7.00. The molecule has 0 saturated heterocycles. The minimum Gasteiger partial charge on any atom is -0.327 e. The van der Waals surface area contributed by atoms with Gasteiger partial charge in [-0.1, -0.05) is 0 Å². The first-order valence-electron chi connectivity index (χ1n) is 1.48. The quantitative estimate of drug-likeness (QED) is 0.559. The fraction of sp³-hybridized carbons (Fsp3) is 0. The van der Waals surface area contributed by atoms with E-state index < -0.39 is 11.9 Å². The van der Waals surface area contributed by atoms with Crippen LogP contribution in [0.2, 0.25) is 0 Å². The van der Waals surface area contributed by atoms with Crippen LogP contribution in [0.25, 0.3) is 0 Å². The summed E-state index contributed by atoms with van der Waals surface area (Å²) in [6.07, 6.45) is -2.98. The maximum absolute atomic E-state index is 5.36. The average molecular weight is 249 g/mol. The standard InChI is InChI=1S/Cl5H2NSi2/c1-7(2,3)8(4,5)6/h6H2. The molecule has 0 unspecified atom stereocenters. The highest BCUT2D eigenvalue weighted by atomic mass is 35.9. The van der Waals surface area contributed by atoms with Crippen LogP contribution in [-0.2, 0) is 0 Å². The summed E-state index contributed by atoms with van der Waals surface area (Å²) in [5.41, 5.74) is -2.99. The van der Waals surface area contributed by atoms with Gasteiger partial charge in [-0.3, -0.25) is 0 Å². The Balaban J connectivity index is 4.02. The average Bonchev–Trinajstić information content (AvgIpc) is 1.25. The van der Waals surface area contributed by atoms with Gasteiger partial charge in [0.15, 0.2) is 0 Å². The van der Waals surface area contributed by atoms with Crippen molar-refractivity contribution in [2.45, 2.75) is 0 Å². The van der Waals surface area contributed by atoms with Crippen molar-refractivity contribution in [2.75, 3.05) is 0 Å². The van der Waals surface area contributed by atoms with Gasteiger partial charge in [0, 0.05) is 0 Å². The van der Waals surface area contributed by atoms with Crippen LogP contribution in [0, 0.1) is 0 Å². The zero-order valence-electron chi connectivity index (χ0n) is 3.47. The van der Waals surface area contributed by atoms with Crippen molar-refractivity contribution in [3.8, 4) is 0 Å². The third-order valence-corrected chi connectivity index (χ3v) is 21.8. The molecule has 0 aliphatic carbocycles. The van der Waals surface area contributed by atoms with E-state index in [4.69, 9.17) is 60.8 Å². The van der Waals surface area contributed by atoms with E-state index in [1.807, 2.05) is 0 Å². The van der Waals surface area contributed by atoms with Crippen molar-refractivity contribution in [2.24, 2.45) is 5.40 Å². The van der Waals surface area contributed by atoms with Crippen molar-refractivity contribution in [3.05, 3.63) is 0 Å². The fourth-order valence-corrected chi connectivity index (χ4v) is 0. The molecule has 0 atom stereocenters. The first kappa shape index (κ1) is 9.84. The molecule has 0 spiro atoms. The second kappa shape index (κ2) is 2.84. The summed E-state index contributed by atoms with van der Waals surface area (Å²) in [6.45, 7) is 0. The van der Waals surface area contributed by atoms with E-state index in [0.29, 0.717) is 0 Å². The topological polar surface area (TPSA) is 26.0 Å². The molecule has 0 aromatic heterocycles. The molecule has 8 heteroatoms. The van der Waals surface area contributed by atoms with Gasteiger partial charge in [0.1, 0.15) is 0 Å². The largest absolute Gasteiger partial charge is 0.376 e. The van der Waals surface area contributed by atoms with Crippen molar-refractivity contribution >= 4 is 67.3 Å². The van der Waals surface area contributed by atoms with E-state index in [9.17, 15) is 0 Å². The minimum atomic E-state index is -2.99. The van der Waals surface area contributed by atoms with Crippen LogP contribution in [0.4, 0.5) is 0 Å². The Morgan fingerprint density at radius 1 is 0.875 bits per heavy atom. The molecule has 0 aromatic carbocycles. The third-order valence-electron chi connectivity index (χ3n) is 0.378. The summed E-state index contributed by atoms with van der Waals surface area (Å²) in [6, 6.07) is 0. The lowest BCUT2D eigenvalue weighted by Crippen LogP contribution is -2.51. The van der Waals surface area contributed by atoms with E-state index in [1.54, 1.807) is 0 Å². The molecule has 0 bridgehead atoms. The van der Waals surface area contributed by atoms with Gasteiger partial charge in [-0.15, -0.1) is 55.4 Å². The highest BCUT2D eigenvalue weighted by molar-refractivity contribution is 8.01. The van der Waals surface area contributed by atoms with E-state index in [2.05, 4.69) is 0 Å². The molecule has 0 rings (SSSR count). The lowest BCUT2D eigenvalue weighted by Gasteiger charge is -2.15. The van der Waals surface area contributed by atoms with Crippen molar-refractivity contribution in [3.63, 3.8) is 0 Å². The summed E-state index contributed by atoms with van der Waals surface area (Å²) >= 11 is 26.8. The van der Waals surface area contributed by atoms with E-state index in [1.165, 1.54) is 0 Å². The minimum absolute atomic E-state index is 2.98. The number of hydrogen-bond acceptors (Lipinski definition) is 1. The summed E-state index contributed by atoms with van der Waals surface area (Å²) < 4.78 is 0. The summed E-state index contributed by atoms with van der Waals surface area (Å²) in [5.74, 6) is 0. The van der Waals surface area contributed by atoms with Crippen LogP contribution >= 0.6 is 55.4 Å². The summed E-state index contributed by atoms with van der Waals surface area (Å²) in [7, 11) is 0. The van der Waals surface area contributed by atoms with Crippen molar-refractivity contribution < 1.29 is 0 Å². The van der Waals surface area contributed by atoms with Gasteiger partial charge in [-0.05, 0) is 0 Å². The molecular weight excluding hydrogens is 247 g/mol. The highest BCUT2D eigenvalue weighted by Gasteiger charge is 2.50. The molecule has 0 heterocycles. The van der Waals surface area contributed by atoms with Crippen molar-refractivity contribution in [1.82, 2.24) is 0 Å². The first-order valence-corrected chi connectivity index (χ1v) is 11.6. The lowest BCUT2D eigenvalue weighted by atomic mass is 13.9. The molecule has 1 nitrogen and oxygen atoms in total.